The summed E-state index contributed by atoms with van der Waals surface area (Å²) in [4.78, 5) is 74.5. The molecule has 1 aromatic heterocycles. The van der Waals surface area contributed by atoms with Gasteiger partial charge in [0.2, 0.25) is 11.5 Å². The highest BCUT2D eigenvalue weighted by atomic mass is 16.6. The van der Waals surface area contributed by atoms with E-state index in [4.69, 9.17) is 19.2 Å². The first kappa shape index (κ1) is 36.2. The summed E-state index contributed by atoms with van der Waals surface area (Å²) in [6, 6.07) is 7.33. The number of esters is 1. The maximum Gasteiger partial charge on any atom is 0.410 e. The summed E-state index contributed by atoms with van der Waals surface area (Å²) >= 11 is 0. The first-order valence-electron chi connectivity index (χ1n) is 17.7. The van der Waals surface area contributed by atoms with Gasteiger partial charge in [0.15, 0.2) is 6.10 Å². The molecule has 14 heteroatoms. The SMILES string of the molecule is CC1CC1[C@@H]1OC(=O)C2(/C=C/c3ccc4ccc(nc4c3)[C@@H](C)NC(=O)[C@@H]3CCCN(N3)C(=O)[C@H](C)NC1=O)CN(C(=O)OC(C)(C)C)CCO2. The third kappa shape index (κ3) is 8.17. The van der Waals surface area contributed by atoms with Gasteiger partial charge in [0.05, 0.1) is 30.4 Å². The van der Waals surface area contributed by atoms with Crippen LogP contribution in [0.1, 0.15) is 78.1 Å². The Kier molecular flexibility index (Phi) is 10.1. The molecule has 1 aromatic carbocycles. The number of morpholine rings is 1. The Balaban J connectivity index is 1.39. The lowest BCUT2D eigenvalue weighted by atomic mass is 9.98. The molecule has 274 valence electrons. The monoisotopic (exact) mass is 704 g/mol. The van der Waals surface area contributed by atoms with E-state index in [1.54, 1.807) is 39.8 Å². The molecule has 3 fully saturated rings. The van der Waals surface area contributed by atoms with E-state index < -0.39 is 59.3 Å². The Morgan fingerprint density at radius 3 is 2.45 bits per heavy atom. The van der Waals surface area contributed by atoms with Crippen molar-refractivity contribution in [2.75, 3.05) is 26.2 Å². The van der Waals surface area contributed by atoms with E-state index in [0.717, 1.165) is 5.39 Å². The first-order valence-corrected chi connectivity index (χ1v) is 17.7. The Hall–Kier alpha value is -4.56. The van der Waals surface area contributed by atoms with Gasteiger partial charge in [0.25, 0.3) is 11.8 Å². The summed E-state index contributed by atoms with van der Waals surface area (Å²) in [7, 11) is 0. The Morgan fingerprint density at radius 2 is 1.73 bits per heavy atom. The maximum atomic E-state index is 14.3. The number of rotatable bonds is 1. The minimum atomic E-state index is -1.78. The largest absolute Gasteiger partial charge is 0.450 e. The zero-order chi connectivity index (χ0) is 36.7. The zero-order valence-corrected chi connectivity index (χ0v) is 30.1. The number of pyridine rings is 1. The fourth-order valence-electron chi connectivity index (χ4n) is 6.68. The van der Waals surface area contributed by atoms with Gasteiger partial charge in [0, 0.05) is 24.4 Å². The number of fused-ring (bicyclic) bond motifs is 4. The molecule has 6 rings (SSSR count). The van der Waals surface area contributed by atoms with Crippen LogP contribution in [0, 0.1) is 11.8 Å². The lowest BCUT2D eigenvalue weighted by molar-refractivity contribution is -0.183. The van der Waals surface area contributed by atoms with Crippen molar-refractivity contribution in [1.29, 1.82) is 0 Å². The molecule has 0 radical (unpaired) electrons. The minimum absolute atomic E-state index is 0.0109. The molecule has 2 saturated heterocycles. The van der Waals surface area contributed by atoms with Crippen LogP contribution in [0.2, 0.25) is 0 Å². The Morgan fingerprint density at radius 1 is 1.00 bits per heavy atom. The van der Waals surface area contributed by atoms with Crippen LogP contribution in [-0.4, -0.2) is 100 Å². The van der Waals surface area contributed by atoms with E-state index in [-0.39, 0.29) is 37.4 Å². The fraction of sp³-hybridized carbons (Fsp3) is 0.568. The van der Waals surface area contributed by atoms with E-state index in [0.29, 0.717) is 42.6 Å². The first-order chi connectivity index (χ1) is 24.1. The van der Waals surface area contributed by atoms with Crippen molar-refractivity contribution in [2.45, 2.75) is 96.2 Å². The van der Waals surface area contributed by atoms with Crippen LogP contribution < -0.4 is 16.1 Å². The number of amides is 4. The summed E-state index contributed by atoms with van der Waals surface area (Å²) < 4.78 is 17.8. The number of cyclic esters (lactones) is 1. The molecule has 7 atom stereocenters. The minimum Gasteiger partial charge on any atom is -0.450 e. The molecule has 3 aliphatic heterocycles. The van der Waals surface area contributed by atoms with E-state index in [2.05, 4.69) is 16.1 Å². The van der Waals surface area contributed by atoms with Gasteiger partial charge in [-0.2, -0.15) is 0 Å². The lowest BCUT2D eigenvalue weighted by Gasteiger charge is -2.40. The van der Waals surface area contributed by atoms with Gasteiger partial charge in [-0.05, 0) is 83.6 Å². The number of ether oxygens (including phenoxy) is 3. The second kappa shape index (κ2) is 14.2. The summed E-state index contributed by atoms with van der Waals surface area (Å²) in [5.74, 6) is -2.31. The third-order valence-corrected chi connectivity index (χ3v) is 9.78. The van der Waals surface area contributed by atoms with Crippen LogP contribution in [0.4, 0.5) is 4.79 Å². The second-order valence-electron chi connectivity index (χ2n) is 15.1. The van der Waals surface area contributed by atoms with Crippen molar-refractivity contribution < 1.29 is 38.2 Å². The molecule has 4 heterocycles. The Labute approximate surface area is 297 Å². The quantitative estimate of drug-likeness (QED) is 0.376. The van der Waals surface area contributed by atoms with E-state index >= 15 is 0 Å². The fourth-order valence-corrected chi connectivity index (χ4v) is 6.68. The van der Waals surface area contributed by atoms with Gasteiger partial charge in [-0.15, -0.1) is 0 Å². The standard InChI is InChI=1S/C37H48N6O8/c1-21-18-26(21)30-32(45)39-23(3)33(46)43-15-7-8-28(41-43)31(44)38-22(2)27-12-11-25-10-9-24(19-29(25)40-27)13-14-37(34(47)50-30)20-42(16-17-49-37)35(48)51-36(4,5)6/h9-14,19,21-23,26,28,30,41H,7-8,15-18,20H2,1-6H3,(H,38,44)(H,39,45)/b14-13+/t21?,22-,23+,26?,28+,30+,37?/m1/s1. The van der Waals surface area contributed by atoms with Crippen LogP contribution in [-0.2, 0) is 33.4 Å². The molecule has 3 N–H and O–H groups in total. The highest BCUT2D eigenvalue weighted by Gasteiger charge is 2.51. The van der Waals surface area contributed by atoms with E-state index in [1.165, 1.54) is 9.91 Å². The highest BCUT2D eigenvalue weighted by Crippen LogP contribution is 2.42. The van der Waals surface area contributed by atoms with Crippen LogP contribution in [0.5, 0.6) is 0 Å². The number of carbonyl (C=O) groups is 5. The van der Waals surface area contributed by atoms with Crippen molar-refractivity contribution in [3.05, 3.63) is 47.7 Å². The molecule has 5 bridgehead atoms. The Bertz CT molecular complexity index is 1740. The summed E-state index contributed by atoms with van der Waals surface area (Å²) in [5, 5.41) is 8.00. The van der Waals surface area contributed by atoms with Crippen molar-refractivity contribution >= 4 is 46.8 Å². The molecule has 4 amide bonds. The average Bonchev–Trinajstić information content (AvgIpc) is 3.83. The molecule has 1 aliphatic carbocycles. The predicted molar refractivity (Wildman–Crippen MR) is 186 cm³/mol. The molecular formula is C37H48N6O8. The number of nitrogens with one attached hydrogen (secondary N) is 3. The topological polar surface area (TPSA) is 168 Å². The summed E-state index contributed by atoms with van der Waals surface area (Å²) in [6.45, 7) is 11.0. The van der Waals surface area contributed by atoms with Crippen molar-refractivity contribution in [3.8, 4) is 0 Å². The molecule has 14 nitrogen and oxygen atoms in total. The molecule has 4 aliphatic rings. The lowest BCUT2D eigenvalue weighted by Crippen LogP contribution is -2.61. The van der Waals surface area contributed by atoms with Gasteiger partial charge in [-0.3, -0.25) is 24.4 Å². The number of hydrogen-bond acceptors (Lipinski definition) is 10. The highest BCUT2D eigenvalue weighted by molar-refractivity contribution is 5.93. The third-order valence-electron chi connectivity index (χ3n) is 9.78. The molecule has 3 unspecified atom stereocenters. The molecule has 1 saturated carbocycles. The van der Waals surface area contributed by atoms with Crippen LogP contribution in [0.25, 0.3) is 17.0 Å². The second-order valence-corrected chi connectivity index (χ2v) is 15.1. The van der Waals surface area contributed by atoms with Gasteiger partial charge < -0.3 is 29.7 Å². The van der Waals surface area contributed by atoms with E-state index in [9.17, 15) is 24.0 Å². The average molecular weight is 705 g/mol. The molecule has 2 aromatic rings. The number of aromatic nitrogens is 1. The maximum absolute atomic E-state index is 14.3. The van der Waals surface area contributed by atoms with Gasteiger partial charge in [-0.1, -0.05) is 31.2 Å². The number of hydrazine groups is 1. The summed E-state index contributed by atoms with van der Waals surface area (Å²) in [5.41, 5.74) is 2.50. The van der Waals surface area contributed by atoms with Crippen molar-refractivity contribution in [3.63, 3.8) is 0 Å². The number of hydrogen-bond donors (Lipinski definition) is 3. The van der Waals surface area contributed by atoms with Gasteiger partial charge in [-0.25, -0.2) is 15.0 Å². The van der Waals surface area contributed by atoms with Crippen molar-refractivity contribution in [2.24, 2.45) is 11.8 Å². The van der Waals surface area contributed by atoms with Crippen LogP contribution >= 0.6 is 0 Å². The molecule has 51 heavy (non-hydrogen) atoms. The summed E-state index contributed by atoms with van der Waals surface area (Å²) in [6.07, 6.45) is 3.20. The van der Waals surface area contributed by atoms with Crippen LogP contribution in [0.3, 0.4) is 0 Å². The van der Waals surface area contributed by atoms with Gasteiger partial charge >= 0.3 is 12.1 Å². The number of nitrogens with zero attached hydrogens (tertiary/aromatic N) is 3. The normalized spacial score (nSPS) is 31.5. The smallest absolute Gasteiger partial charge is 0.410 e. The molecule has 1 spiro atoms. The van der Waals surface area contributed by atoms with Gasteiger partial charge in [0.1, 0.15) is 17.7 Å². The predicted octanol–water partition coefficient (Wildman–Crippen LogP) is 3.01. The van der Waals surface area contributed by atoms with E-state index in [1.807, 2.05) is 44.2 Å². The van der Waals surface area contributed by atoms with Crippen LogP contribution in [0.15, 0.2) is 36.4 Å². The number of carbonyl (C=O) groups excluding carboxylic acids is 5. The number of benzene rings is 1. The van der Waals surface area contributed by atoms with Crippen molar-refractivity contribution in [1.82, 2.24) is 31.0 Å². The zero-order valence-electron chi connectivity index (χ0n) is 30.1. The molecular weight excluding hydrogens is 656 g/mol.